The van der Waals surface area contributed by atoms with Crippen LogP contribution in [0.5, 0.6) is 5.75 Å². The van der Waals surface area contributed by atoms with Crippen LogP contribution in [0, 0.1) is 23.7 Å². The van der Waals surface area contributed by atoms with E-state index in [0.717, 1.165) is 0 Å². The van der Waals surface area contributed by atoms with E-state index in [1.165, 1.54) is 19.0 Å². The molecule has 10 nitrogen and oxygen atoms in total. The van der Waals surface area contributed by atoms with Gasteiger partial charge in [-0.3, -0.25) is 28.9 Å². The summed E-state index contributed by atoms with van der Waals surface area (Å²) >= 11 is 0. The zero-order valence-corrected chi connectivity index (χ0v) is 23.2. The summed E-state index contributed by atoms with van der Waals surface area (Å²) in [6.45, 7) is 3.10. The Morgan fingerprint density at radius 1 is 1.20 bits per heavy atom. The standard InChI is InChI=1S/C28H34F3N3O7/c1-11(2)14-8-13(10-33-6-5-27(29,30)31)21(35)18-15(14)7-12-9-16-20(34(3)4)23(37)19(26(32)40)25(39)28(16,41)24(38)17(12)22(18)36/h8,11-12,16-17,19-20,33,35,41H,5-7,9-10H2,1-4H3,(H2,32,40)/t12-,16-,17?,19?,20?,28-/m0/s1. The van der Waals surface area contributed by atoms with Crippen LogP contribution < -0.4 is 11.1 Å². The highest BCUT2D eigenvalue weighted by atomic mass is 19.4. The van der Waals surface area contributed by atoms with E-state index in [4.69, 9.17) is 5.73 Å². The summed E-state index contributed by atoms with van der Waals surface area (Å²) in [5.74, 6) is -11.7. The van der Waals surface area contributed by atoms with E-state index in [2.05, 4.69) is 5.32 Å². The summed E-state index contributed by atoms with van der Waals surface area (Å²) in [7, 11) is 3.02. The molecule has 5 N–H and O–H groups in total. The van der Waals surface area contributed by atoms with E-state index < -0.39 is 89.2 Å². The summed E-state index contributed by atoms with van der Waals surface area (Å²) in [6.07, 6.45) is -5.42. The Kier molecular flexibility index (Phi) is 7.95. The molecule has 0 saturated heterocycles. The molecule has 0 bridgehead atoms. The Bertz CT molecular complexity index is 1330. The van der Waals surface area contributed by atoms with Gasteiger partial charge in [-0.05, 0) is 49.9 Å². The van der Waals surface area contributed by atoms with E-state index in [-0.39, 0.29) is 36.4 Å². The fourth-order valence-electron chi connectivity index (χ4n) is 6.86. The summed E-state index contributed by atoms with van der Waals surface area (Å²) < 4.78 is 37.7. The summed E-state index contributed by atoms with van der Waals surface area (Å²) in [4.78, 5) is 67.9. The van der Waals surface area contributed by atoms with Crippen molar-refractivity contribution in [1.29, 1.82) is 0 Å². The predicted molar refractivity (Wildman–Crippen MR) is 138 cm³/mol. The molecule has 6 atom stereocenters. The molecule has 0 aromatic heterocycles. The number of benzene rings is 1. The van der Waals surface area contributed by atoms with Gasteiger partial charge >= 0.3 is 6.18 Å². The maximum Gasteiger partial charge on any atom is 0.390 e. The van der Waals surface area contributed by atoms with Gasteiger partial charge in [-0.15, -0.1) is 0 Å². The van der Waals surface area contributed by atoms with Crippen molar-refractivity contribution in [2.24, 2.45) is 29.4 Å². The van der Waals surface area contributed by atoms with Gasteiger partial charge in [-0.1, -0.05) is 19.9 Å². The number of Topliss-reactive ketones (excluding diaryl/α,β-unsaturated/α-hetero) is 4. The van der Waals surface area contributed by atoms with Gasteiger partial charge in [0.15, 0.2) is 34.7 Å². The lowest BCUT2D eigenvalue weighted by Gasteiger charge is -2.52. The first-order valence-corrected chi connectivity index (χ1v) is 13.4. The normalized spacial score (nSPS) is 30.0. The number of amides is 1. The summed E-state index contributed by atoms with van der Waals surface area (Å²) in [6, 6.07) is 0.432. The zero-order chi connectivity index (χ0) is 30.8. The molecule has 2 fully saturated rings. The molecule has 3 aliphatic carbocycles. The van der Waals surface area contributed by atoms with Gasteiger partial charge in [0.25, 0.3) is 0 Å². The van der Waals surface area contributed by atoms with E-state index >= 15 is 0 Å². The average molecular weight is 582 g/mol. The van der Waals surface area contributed by atoms with Gasteiger partial charge in [0.1, 0.15) is 5.75 Å². The van der Waals surface area contributed by atoms with Gasteiger partial charge < -0.3 is 21.3 Å². The number of fused-ring (bicyclic) bond motifs is 3. The third-order valence-corrected chi connectivity index (χ3v) is 8.70. The number of likely N-dealkylation sites (N-methyl/N-ethyl adjacent to an activating group) is 1. The van der Waals surface area contributed by atoms with Gasteiger partial charge in [-0.2, -0.15) is 13.2 Å². The molecular formula is C28H34F3N3O7. The predicted octanol–water partition coefficient (Wildman–Crippen LogP) is 1.03. The molecule has 1 aromatic carbocycles. The monoisotopic (exact) mass is 581 g/mol. The number of rotatable bonds is 7. The smallest absolute Gasteiger partial charge is 0.390 e. The highest BCUT2D eigenvalue weighted by molar-refractivity contribution is 6.32. The quantitative estimate of drug-likeness (QED) is 0.272. The van der Waals surface area contributed by atoms with Gasteiger partial charge in [0.05, 0.1) is 23.9 Å². The zero-order valence-electron chi connectivity index (χ0n) is 23.2. The number of nitrogens with two attached hydrogens (primary N) is 1. The molecule has 0 spiro atoms. The molecule has 0 radical (unpaired) electrons. The van der Waals surface area contributed by atoms with Crippen LogP contribution in [-0.4, -0.2) is 82.6 Å². The number of halogens is 3. The second-order valence-electron chi connectivity index (χ2n) is 11.8. The van der Waals surface area contributed by atoms with Gasteiger partial charge in [0.2, 0.25) is 5.91 Å². The first-order valence-electron chi connectivity index (χ1n) is 13.4. The molecule has 0 heterocycles. The van der Waals surface area contributed by atoms with Crippen LogP contribution in [0.4, 0.5) is 13.2 Å². The number of alkyl halides is 3. The van der Waals surface area contributed by atoms with Crippen LogP contribution in [-0.2, 0) is 32.1 Å². The Balaban J connectivity index is 1.79. The van der Waals surface area contributed by atoms with E-state index in [0.29, 0.717) is 11.1 Å². The molecule has 224 valence electrons. The Hall–Kier alpha value is -3.16. The van der Waals surface area contributed by atoms with E-state index in [1.54, 1.807) is 6.07 Å². The van der Waals surface area contributed by atoms with Crippen LogP contribution in [0.1, 0.15) is 59.7 Å². The van der Waals surface area contributed by atoms with Crippen molar-refractivity contribution in [3.63, 3.8) is 0 Å². The maximum atomic E-state index is 13.9. The maximum absolute atomic E-state index is 13.9. The SMILES string of the molecule is CC(C)c1cc(CNCCC(F)(F)F)c(O)c2c1C[C@H]1C[C@H]3C(N(C)C)C(=O)C(C(N)=O)C(=O)[C@@]3(O)C(=O)C1C2=O. The number of phenols is 1. The van der Waals surface area contributed by atoms with Crippen LogP contribution >= 0.6 is 0 Å². The van der Waals surface area contributed by atoms with Crippen LogP contribution in [0.15, 0.2) is 6.07 Å². The topological polar surface area (TPSA) is 167 Å². The molecule has 3 aliphatic rings. The number of hydrogen-bond donors (Lipinski definition) is 4. The first-order chi connectivity index (χ1) is 18.9. The number of primary amides is 1. The fourth-order valence-corrected chi connectivity index (χ4v) is 6.86. The molecule has 13 heteroatoms. The second kappa shape index (κ2) is 10.6. The number of carbonyl (C=O) groups is 5. The van der Waals surface area contributed by atoms with Crippen molar-refractivity contribution >= 4 is 29.0 Å². The Morgan fingerprint density at radius 3 is 2.37 bits per heavy atom. The third kappa shape index (κ3) is 4.97. The molecule has 0 aliphatic heterocycles. The van der Waals surface area contributed by atoms with Crippen molar-refractivity contribution in [3.8, 4) is 5.75 Å². The molecule has 3 unspecified atom stereocenters. The lowest BCUT2D eigenvalue weighted by Crippen LogP contribution is -2.74. The highest BCUT2D eigenvalue weighted by Crippen LogP contribution is 2.51. The lowest BCUT2D eigenvalue weighted by atomic mass is 9.52. The number of nitrogens with zero attached hydrogens (tertiary/aromatic N) is 1. The average Bonchev–Trinajstić information content (AvgIpc) is 2.83. The van der Waals surface area contributed by atoms with Crippen LogP contribution in [0.2, 0.25) is 0 Å². The molecule has 1 amide bonds. The fraction of sp³-hybridized carbons (Fsp3) is 0.607. The van der Waals surface area contributed by atoms with Crippen molar-refractivity contribution in [2.45, 2.75) is 63.4 Å². The summed E-state index contributed by atoms with van der Waals surface area (Å²) in [5, 5.41) is 25.4. The second-order valence-corrected chi connectivity index (χ2v) is 11.8. The van der Waals surface area contributed by atoms with Gasteiger partial charge in [-0.25, -0.2) is 0 Å². The number of ketones is 4. The lowest BCUT2D eigenvalue weighted by molar-refractivity contribution is -0.181. The minimum atomic E-state index is -4.38. The van der Waals surface area contributed by atoms with Crippen molar-refractivity contribution in [3.05, 3.63) is 28.3 Å². The highest BCUT2D eigenvalue weighted by Gasteiger charge is 2.69. The third-order valence-electron chi connectivity index (χ3n) is 8.70. The number of carbonyl (C=O) groups excluding carboxylic acids is 5. The molecule has 41 heavy (non-hydrogen) atoms. The van der Waals surface area contributed by atoms with Crippen LogP contribution in [0.3, 0.4) is 0 Å². The molecule has 1 aromatic rings. The number of nitrogens with one attached hydrogen (secondary N) is 1. The minimum Gasteiger partial charge on any atom is -0.507 e. The van der Waals surface area contributed by atoms with Crippen molar-refractivity contribution < 1.29 is 47.4 Å². The Morgan fingerprint density at radius 2 is 1.83 bits per heavy atom. The number of aromatic hydroxyl groups is 1. The van der Waals surface area contributed by atoms with E-state index in [9.17, 15) is 47.4 Å². The largest absolute Gasteiger partial charge is 0.507 e. The molecule has 4 rings (SSSR count). The number of phenolic OH excluding ortho intramolecular Hbond substituents is 1. The molecular weight excluding hydrogens is 547 g/mol. The van der Waals surface area contributed by atoms with Gasteiger partial charge in [0, 0.05) is 24.6 Å². The number of hydrogen-bond acceptors (Lipinski definition) is 9. The summed E-state index contributed by atoms with van der Waals surface area (Å²) in [5.41, 5.74) is 3.64. The van der Waals surface area contributed by atoms with E-state index in [1.807, 2.05) is 13.8 Å². The number of aliphatic hydroxyl groups is 1. The van der Waals surface area contributed by atoms with Crippen molar-refractivity contribution in [1.82, 2.24) is 10.2 Å². The minimum absolute atomic E-state index is 0.0665. The van der Waals surface area contributed by atoms with Crippen molar-refractivity contribution in [2.75, 3.05) is 20.6 Å². The van der Waals surface area contributed by atoms with Crippen LogP contribution in [0.25, 0.3) is 0 Å². The first kappa shape index (κ1) is 30.8. The Labute approximate surface area is 234 Å². The molecule has 2 saturated carbocycles.